The lowest BCUT2D eigenvalue weighted by Crippen LogP contribution is -2.40. The number of hydrogen-bond donors (Lipinski definition) is 1. The molecule has 1 aliphatic heterocycles. The van der Waals surface area contributed by atoms with Gasteiger partial charge in [0.15, 0.2) is 0 Å². The van der Waals surface area contributed by atoms with E-state index in [1.807, 2.05) is 33.7 Å². The number of fused-ring (bicyclic) bond motifs is 1. The summed E-state index contributed by atoms with van der Waals surface area (Å²) in [6, 6.07) is 7.84. The topological polar surface area (TPSA) is 75.9 Å². The molecular weight excluding hydrogens is 306 g/mol. The van der Waals surface area contributed by atoms with E-state index in [0.29, 0.717) is 18.7 Å². The molecule has 0 bridgehead atoms. The summed E-state index contributed by atoms with van der Waals surface area (Å²) < 4.78 is 3.46. The third-order valence-corrected chi connectivity index (χ3v) is 4.69. The van der Waals surface area contributed by atoms with Gasteiger partial charge in [-0.25, -0.2) is 4.79 Å². The fraction of sp³-hybridized carbons (Fsp3) is 0.353. The number of nitrogens with one attached hydrogen (secondary N) is 1. The molecule has 1 aromatic carbocycles. The van der Waals surface area contributed by atoms with Gasteiger partial charge >= 0.3 is 5.69 Å². The van der Waals surface area contributed by atoms with Gasteiger partial charge in [0.2, 0.25) is 0 Å². The van der Waals surface area contributed by atoms with Crippen LogP contribution >= 0.6 is 0 Å². The summed E-state index contributed by atoms with van der Waals surface area (Å²) in [6.45, 7) is 1.29. The molecule has 0 unspecified atom stereocenters. The summed E-state index contributed by atoms with van der Waals surface area (Å²) in [5.74, 6) is 0.00724. The van der Waals surface area contributed by atoms with E-state index in [1.54, 1.807) is 24.1 Å². The number of carbonyl (C=O) groups is 1. The molecule has 124 valence electrons. The fourth-order valence-electron chi connectivity index (χ4n) is 3.48. The zero-order valence-corrected chi connectivity index (χ0v) is 13.5. The van der Waals surface area contributed by atoms with E-state index in [1.165, 1.54) is 0 Å². The molecular formula is C17H19N5O2. The quantitative estimate of drug-likeness (QED) is 0.776. The van der Waals surface area contributed by atoms with Gasteiger partial charge in [-0.3, -0.25) is 14.0 Å². The van der Waals surface area contributed by atoms with Gasteiger partial charge in [0.25, 0.3) is 5.91 Å². The fourth-order valence-corrected chi connectivity index (χ4v) is 3.48. The number of para-hydroxylation sites is 2. The van der Waals surface area contributed by atoms with Crippen molar-refractivity contribution in [2.24, 2.45) is 7.05 Å². The molecule has 0 spiro atoms. The minimum Gasteiger partial charge on any atom is -0.338 e. The largest absolute Gasteiger partial charge is 0.338 e. The van der Waals surface area contributed by atoms with Crippen LogP contribution in [0.3, 0.4) is 0 Å². The molecule has 0 saturated carbocycles. The highest BCUT2D eigenvalue weighted by Gasteiger charge is 2.27. The first kappa shape index (κ1) is 14.7. The number of piperidine rings is 1. The number of aryl methyl sites for hydroxylation is 1. The van der Waals surface area contributed by atoms with Crippen molar-refractivity contribution in [1.29, 1.82) is 0 Å². The molecule has 0 aliphatic carbocycles. The molecule has 0 atom stereocenters. The minimum atomic E-state index is -0.0757. The summed E-state index contributed by atoms with van der Waals surface area (Å²) in [4.78, 5) is 29.5. The van der Waals surface area contributed by atoms with E-state index in [0.717, 1.165) is 23.9 Å². The van der Waals surface area contributed by atoms with Crippen molar-refractivity contribution in [1.82, 2.24) is 24.2 Å². The first-order valence-electron chi connectivity index (χ1n) is 8.10. The number of nitrogens with zero attached hydrogens (tertiary/aromatic N) is 4. The lowest BCUT2D eigenvalue weighted by Gasteiger charge is -2.32. The molecule has 4 rings (SSSR count). The molecule has 3 aromatic rings. The molecule has 7 nitrogen and oxygen atoms in total. The van der Waals surface area contributed by atoms with Gasteiger partial charge in [0, 0.05) is 32.4 Å². The second-order valence-electron chi connectivity index (χ2n) is 6.24. The Balaban J connectivity index is 1.52. The highest BCUT2D eigenvalue weighted by Crippen LogP contribution is 2.25. The number of aromatic amines is 1. The zero-order chi connectivity index (χ0) is 16.7. The maximum atomic E-state index is 12.5. The van der Waals surface area contributed by atoms with Crippen LogP contribution in [0.25, 0.3) is 11.0 Å². The Morgan fingerprint density at radius 2 is 2.00 bits per heavy atom. The normalized spacial score (nSPS) is 16.0. The summed E-state index contributed by atoms with van der Waals surface area (Å²) in [5, 5.41) is 4.05. The Labute approximate surface area is 138 Å². The highest BCUT2D eigenvalue weighted by molar-refractivity contribution is 5.93. The van der Waals surface area contributed by atoms with Gasteiger partial charge in [-0.15, -0.1) is 0 Å². The van der Waals surface area contributed by atoms with Crippen LogP contribution < -0.4 is 5.69 Å². The third kappa shape index (κ3) is 2.42. The first-order chi connectivity index (χ1) is 11.6. The molecule has 1 saturated heterocycles. The molecule has 2 aromatic heterocycles. The van der Waals surface area contributed by atoms with Crippen molar-refractivity contribution in [2.75, 3.05) is 13.1 Å². The molecule has 1 fully saturated rings. The van der Waals surface area contributed by atoms with E-state index in [9.17, 15) is 9.59 Å². The summed E-state index contributed by atoms with van der Waals surface area (Å²) in [7, 11) is 1.80. The number of imidazole rings is 1. The monoisotopic (exact) mass is 325 g/mol. The summed E-state index contributed by atoms with van der Waals surface area (Å²) in [5.41, 5.74) is 2.32. The van der Waals surface area contributed by atoms with Crippen molar-refractivity contribution in [3.05, 3.63) is 52.7 Å². The standard InChI is InChI=1S/C17H19N5O2/c1-20-11-12(10-18-20)16(23)21-8-6-13(7-9-21)22-15-5-3-2-4-14(15)19-17(22)24/h2-5,10-11,13H,6-9H2,1H3,(H,19,24). The number of amides is 1. The van der Waals surface area contributed by atoms with Crippen LogP contribution in [0, 0.1) is 0 Å². The average Bonchev–Trinajstić information content (AvgIpc) is 3.17. The number of aromatic nitrogens is 4. The van der Waals surface area contributed by atoms with Crippen LogP contribution in [0.2, 0.25) is 0 Å². The Morgan fingerprint density at radius 1 is 1.25 bits per heavy atom. The zero-order valence-electron chi connectivity index (χ0n) is 13.5. The molecule has 0 radical (unpaired) electrons. The molecule has 3 heterocycles. The molecule has 1 aliphatic rings. The van der Waals surface area contributed by atoms with Crippen molar-refractivity contribution >= 4 is 16.9 Å². The van der Waals surface area contributed by atoms with E-state index < -0.39 is 0 Å². The van der Waals surface area contributed by atoms with Crippen molar-refractivity contribution in [3.8, 4) is 0 Å². The average molecular weight is 325 g/mol. The Bertz CT molecular complexity index is 943. The van der Waals surface area contributed by atoms with Gasteiger partial charge in [0.05, 0.1) is 22.8 Å². The minimum absolute atomic E-state index is 0.00724. The van der Waals surface area contributed by atoms with Crippen LogP contribution in [0.4, 0.5) is 0 Å². The van der Waals surface area contributed by atoms with Crippen LogP contribution in [0.1, 0.15) is 29.2 Å². The van der Waals surface area contributed by atoms with Crippen molar-refractivity contribution in [2.45, 2.75) is 18.9 Å². The number of hydrogen-bond acceptors (Lipinski definition) is 3. The molecule has 1 amide bonds. The molecule has 1 N–H and O–H groups in total. The summed E-state index contributed by atoms with van der Waals surface area (Å²) in [6.07, 6.45) is 4.87. The van der Waals surface area contributed by atoms with Gasteiger partial charge in [-0.05, 0) is 25.0 Å². The smallest absolute Gasteiger partial charge is 0.326 e. The second kappa shape index (κ2) is 5.67. The van der Waals surface area contributed by atoms with Gasteiger partial charge in [0.1, 0.15) is 0 Å². The lowest BCUT2D eigenvalue weighted by molar-refractivity contribution is 0.0695. The number of benzene rings is 1. The van der Waals surface area contributed by atoms with Gasteiger partial charge < -0.3 is 9.88 Å². The first-order valence-corrected chi connectivity index (χ1v) is 8.10. The van der Waals surface area contributed by atoms with Crippen molar-refractivity contribution < 1.29 is 4.79 Å². The SMILES string of the molecule is Cn1cc(C(=O)N2CCC(n3c(=O)[nH]c4ccccc43)CC2)cn1. The van der Waals surface area contributed by atoms with E-state index in [2.05, 4.69) is 10.1 Å². The highest BCUT2D eigenvalue weighted by atomic mass is 16.2. The summed E-state index contributed by atoms with van der Waals surface area (Å²) >= 11 is 0. The van der Waals surface area contributed by atoms with Crippen LogP contribution in [-0.4, -0.2) is 43.2 Å². The Hall–Kier alpha value is -2.83. The predicted octanol–water partition coefficient (Wildman–Crippen LogP) is 1.54. The van der Waals surface area contributed by atoms with Crippen LogP contribution in [0.15, 0.2) is 41.5 Å². The van der Waals surface area contributed by atoms with E-state index in [-0.39, 0.29) is 17.6 Å². The number of carbonyl (C=O) groups excluding carboxylic acids is 1. The van der Waals surface area contributed by atoms with Gasteiger partial charge in [-0.1, -0.05) is 12.1 Å². The number of H-pyrrole nitrogens is 1. The Morgan fingerprint density at radius 3 is 2.71 bits per heavy atom. The predicted molar refractivity (Wildman–Crippen MR) is 89.9 cm³/mol. The maximum Gasteiger partial charge on any atom is 0.326 e. The third-order valence-electron chi connectivity index (χ3n) is 4.69. The number of rotatable bonds is 2. The Kier molecular flexibility index (Phi) is 3.48. The van der Waals surface area contributed by atoms with Crippen LogP contribution in [-0.2, 0) is 7.05 Å². The molecule has 24 heavy (non-hydrogen) atoms. The van der Waals surface area contributed by atoms with Gasteiger partial charge in [-0.2, -0.15) is 5.10 Å². The van der Waals surface area contributed by atoms with Crippen molar-refractivity contribution in [3.63, 3.8) is 0 Å². The molecule has 7 heteroatoms. The lowest BCUT2D eigenvalue weighted by atomic mass is 10.0. The van der Waals surface area contributed by atoms with E-state index in [4.69, 9.17) is 0 Å². The van der Waals surface area contributed by atoms with E-state index >= 15 is 0 Å². The maximum absolute atomic E-state index is 12.5. The second-order valence-corrected chi connectivity index (χ2v) is 6.24. The van der Waals surface area contributed by atoms with Crippen LogP contribution in [0.5, 0.6) is 0 Å². The number of likely N-dealkylation sites (tertiary alicyclic amines) is 1.